The first kappa shape index (κ1) is 23.3. The molecule has 1 amide bonds. The Hall–Kier alpha value is -4.84. The average molecular weight is 479 g/mol. The normalized spacial score (nSPS) is 10.6. The Morgan fingerprint density at radius 2 is 1.77 bits per heavy atom. The first-order chi connectivity index (χ1) is 16.9. The third-order valence-corrected chi connectivity index (χ3v) is 4.86. The Kier molecular flexibility index (Phi) is 6.64. The van der Waals surface area contributed by atoms with Gasteiger partial charge in [0.1, 0.15) is 18.0 Å². The van der Waals surface area contributed by atoms with Gasteiger partial charge in [0.25, 0.3) is 0 Å². The Balaban J connectivity index is 1.55. The Morgan fingerprint density at radius 3 is 2.51 bits per heavy atom. The van der Waals surface area contributed by atoms with E-state index in [9.17, 15) is 24.0 Å². The average Bonchev–Trinajstić information content (AvgIpc) is 3.27. The topological polar surface area (TPSA) is 129 Å². The maximum Gasteiger partial charge on any atom is 0.379 e. The fourth-order valence-electron chi connectivity index (χ4n) is 3.14. The number of benzene rings is 3. The second kappa shape index (κ2) is 9.97. The van der Waals surface area contributed by atoms with Gasteiger partial charge in [-0.2, -0.15) is 9.75 Å². The monoisotopic (exact) mass is 479 g/mol. The van der Waals surface area contributed by atoms with E-state index in [1.165, 1.54) is 43.5 Å². The Bertz CT molecular complexity index is 1440. The van der Waals surface area contributed by atoms with E-state index in [1.807, 2.05) is 6.07 Å². The minimum atomic E-state index is -1.31. The van der Waals surface area contributed by atoms with Crippen molar-refractivity contribution >= 4 is 17.7 Å². The van der Waals surface area contributed by atoms with Gasteiger partial charge in [0, 0.05) is 0 Å². The van der Waals surface area contributed by atoms with Crippen molar-refractivity contribution in [3.8, 4) is 11.4 Å². The molecule has 1 N–H and O–H groups in total. The smallest absolute Gasteiger partial charge is 0.379 e. The lowest BCUT2D eigenvalue weighted by molar-refractivity contribution is 0.0472. The van der Waals surface area contributed by atoms with Crippen LogP contribution in [0.2, 0.25) is 0 Å². The number of aromatic nitrogens is 4. The van der Waals surface area contributed by atoms with Crippen molar-refractivity contribution in [3.63, 3.8) is 0 Å². The third-order valence-electron chi connectivity index (χ3n) is 4.86. The van der Waals surface area contributed by atoms with Gasteiger partial charge in [-0.05, 0) is 46.3 Å². The molecule has 11 nitrogen and oxygen atoms in total. The molecule has 0 atom stereocenters. The lowest BCUT2D eigenvalue weighted by Crippen LogP contribution is -2.39. The maximum atomic E-state index is 14.3. The zero-order chi connectivity index (χ0) is 24.9. The van der Waals surface area contributed by atoms with Crippen LogP contribution < -0.4 is 15.5 Å². The van der Waals surface area contributed by atoms with E-state index in [0.717, 1.165) is 11.6 Å². The van der Waals surface area contributed by atoms with Gasteiger partial charge in [0.05, 0.1) is 18.4 Å². The summed E-state index contributed by atoms with van der Waals surface area (Å²) in [4.78, 5) is 37.8. The van der Waals surface area contributed by atoms with Crippen LogP contribution in [-0.2, 0) is 11.3 Å². The third kappa shape index (κ3) is 4.77. The summed E-state index contributed by atoms with van der Waals surface area (Å²) in [7, 11) is 1.27. The van der Waals surface area contributed by atoms with Crippen LogP contribution in [0.5, 0.6) is 5.75 Å². The molecule has 0 radical (unpaired) electrons. The number of nitrogens with zero attached hydrogens (tertiary/aromatic N) is 5. The van der Waals surface area contributed by atoms with Crippen LogP contribution >= 0.6 is 0 Å². The maximum absolute atomic E-state index is 14.3. The van der Waals surface area contributed by atoms with Crippen molar-refractivity contribution in [2.75, 3.05) is 12.2 Å². The van der Waals surface area contributed by atoms with Gasteiger partial charge < -0.3 is 9.47 Å². The number of halogens is 1. The molecule has 0 saturated carbocycles. The molecule has 4 aromatic rings. The number of amides is 1. The van der Waals surface area contributed by atoms with Gasteiger partial charge in [0.15, 0.2) is 5.82 Å². The van der Waals surface area contributed by atoms with Crippen LogP contribution in [0.4, 0.5) is 14.9 Å². The number of carbonyl (C=O) groups excluding carboxylic acids is 2. The van der Waals surface area contributed by atoms with E-state index in [0.29, 0.717) is 4.68 Å². The first-order valence-electron chi connectivity index (χ1n) is 10.1. The SMILES string of the molecule is COc1cccc(F)c1-n1nnn(C(=O)N(O)c2cccc(C(=O)OCc3ccccc3)c2)c1=O. The number of anilines is 1. The molecule has 0 fully saturated rings. The number of methoxy groups -OCH3 is 1. The van der Waals surface area contributed by atoms with Gasteiger partial charge in [-0.15, -0.1) is 4.68 Å². The molecule has 4 rings (SSSR count). The van der Waals surface area contributed by atoms with Crippen molar-refractivity contribution < 1.29 is 28.7 Å². The van der Waals surface area contributed by atoms with Gasteiger partial charge in [-0.1, -0.05) is 42.5 Å². The zero-order valence-electron chi connectivity index (χ0n) is 18.2. The van der Waals surface area contributed by atoms with E-state index in [4.69, 9.17) is 9.47 Å². The summed E-state index contributed by atoms with van der Waals surface area (Å²) in [6.07, 6.45) is 0. The molecule has 0 aliphatic rings. The van der Waals surface area contributed by atoms with E-state index >= 15 is 0 Å². The molecule has 0 aliphatic carbocycles. The largest absolute Gasteiger partial charge is 0.494 e. The predicted molar refractivity (Wildman–Crippen MR) is 119 cm³/mol. The molecule has 0 bridgehead atoms. The van der Waals surface area contributed by atoms with Crippen molar-refractivity contribution in [2.45, 2.75) is 6.61 Å². The van der Waals surface area contributed by atoms with Gasteiger partial charge >= 0.3 is 17.7 Å². The number of tetrazole rings is 1. The number of hydrogen-bond acceptors (Lipinski definition) is 8. The minimum Gasteiger partial charge on any atom is -0.494 e. The molecule has 0 spiro atoms. The Morgan fingerprint density at radius 1 is 1.03 bits per heavy atom. The molecule has 35 heavy (non-hydrogen) atoms. The van der Waals surface area contributed by atoms with Gasteiger partial charge in [-0.3, -0.25) is 5.21 Å². The van der Waals surface area contributed by atoms with Crippen LogP contribution in [0.15, 0.2) is 77.6 Å². The summed E-state index contributed by atoms with van der Waals surface area (Å²) in [6.45, 7) is 0.0314. The van der Waals surface area contributed by atoms with Crippen LogP contribution in [0, 0.1) is 5.82 Å². The molecule has 0 unspecified atom stereocenters. The lowest BCUT2D eigenvalue weighted by Gasteiger charge is -2.14. The predicted octanol–water partition coefficient (Wildman–Crippen LogP) is 2.80. The summed E-state index contributed by atoms with van der Waals surface area (Å²) < 4.78 is 25.4. The number of esters is 1. The highest BCUT2D eigenvalue weighted by molar-refractivity contribution is 5.94. The summed E-state index contributed by atoms with van der Waals surface area (Å²) in [5, 5.41) is 17.5. The first-order valence-corrected chi connectivity index (χ1v) is 10.1. The van der Waals surface area contributed by atoms with Crippen LogP contribution in [0.25, 0.3) is 5.69 Å². The van der Waals surface area contributed by atoms with Gasteiger partial charge in [-0.25, -0.2) is 18.8 Å². The standard InChI is InChI=1S/C23H18FN5O6/c1-34-19-12-6-11-18(24)20(19)27-22(31)28(26-25-27)23(32)29(33)17-10-5-9-16(13-17)21(30)35-14-15-7-3-2-4-8-15/h2-13,33H,14H2,1H3. The number of ether oxygens (including phenoxy) is 2. The molecule has 1 heterocycles. The van der Waals surface area contributed by atoms with Gasteiger partial charge in [0.2, 0.25) is 0 Å². The molecule has 3 aromatic carbocycles. The molecular weight excluding hydrogens is 461 g/mol. The number of carbonyl (C=O) groups is 2. The molecule has 178 valence electrons. The summed E-state index contributed by atoms with van der Waals surface area (Å²) in [5.41, 5.74) is -0.820. The van der Waals surface area contributed by atoms with Crippen molar-refractivity contribution in [3.05, 3.63) is 100 Å². The summed E-state index contributed by atoms with van der Waals surface area (Å²) in [5.74, 6) is -1.55. The number of hydroxylamine groups is 1. The molecular formula is C23H18FN5O6. The zero-order valence-corrected chi connectivity index (χ0v) is 18.2. The Labute approximate surface area is 197 Å². The molecule has 0 aliphatic heterocycles. The minimum absolute atomic E-state index is 0.0193. The highest BCUT2D eigenvalue weighted by Gasteiger charge is 2.25. The molecule has 1 aromatic heterocycles. The van der Waals surface area contributed by atoms with Crippen molar-refractivity contribution in [2.24, 2.45) is 0 Å². The van der Waals surface area contributed by atoms with E-state index in [-0.39, 0.29) is 39.0 Å². The highest BCUT2D eigenvalue weighted by Crippen LogP contribution is 2.23. The number of rotatable bonds is 6. The molecule has 0 saturated heterocycles. The van der Waals surface area contributed by atoms with E-state index in [2.05, 4.69) is 10.4 Å². The lowest BCUT2D eigenvalue weighted by atomic mass is 10.2. The van der Waals surface area contributed by atoms with Crippen LogP contribution in [-0.4, -0.2) is 44.1 Å². The second-order valence-corrected chi connectivity index (χ2v) is 7.08. The number of hydrogen-bond donors (Lipinski definition) is 1. The molecule has 12 heteroatoms. The second-order valence-electron chi connectivity index (χ2n) is 7.08. The van der Waals surface area contributed by atoms with Crippen LogP contribution in [0.1, 0.15) is 15.9 Å². The fourth-order valence-corrected chi connectivity index (χ4v) is 3.14. The van der Waals surface area contributed by atoms with E-state index < -0.39 is 23.5 Å². The fraction of sp³-hybridized carbons (Fsp3) is 0.0870. The van der Waals surface area contributed by atoms with Crippen molar-refractivity contribution in [1.82, 2.24) is 19.8 Å². The summed E-state index contributed by atoms with van der Waals surface area (Å²) in [6, 6.07) is 16.9. The van der Waals surface area contributed by atoms with Crippen LogP contribution in [0.3, 0.4) is 0 Å². The number of para-hydroxylation sites is 1. The highest BCUT2D eigenvalue weighted by atomic mass is 19.1. The van der Waals surface area contributed by atoms with E-state index in [1.54, 1.807) is 24.3 Å². The summed E-state index contributed by atoms with van der Waals surface area (Å²) >= 11 is 0. The van der Waals surface area contributed by atoms with Crippen molar-refractivity contribution in [1.29, 1.82) is 0 Å². The quantitative estimate of drug-likeness (QED) is 0.193.